The van der Waals surface area contributed by atoms with Crippen LogP contribution >= 0.6 is 0 Å². The third kappa shape index (κ3) is 4.51. The average Bonchev–Trinajstić information content (AvgIpc) is 2.79. The van der Waals surface area contributed by atoms with Crippen LogP contribution in [-0.2, 0) is 12.0 Å². The van der Waals surface area contributed by atoms with Gasteiger partial charge in [0, 0.05) is 24.1 Å². The second-order valence-electron chi connectivity index (χ2n) is 10.3. The van der Waals surface area contributed by atoms with Crippen LogP contribution in [0.1, 0.15) is 83.0 Å². The zero-order chi connectivity index (χ0) is 24.6. The van der Waals surface area contributed by atoms with Gasteiger partial charge in [0.1, 0.15) is 14.1 Å². The van der Waals surface area contributed by atoms with E-state index in [1.165, 1.54) is 30.3 Å². The number of rotatable bonds is 7. The highest BCUT2D eigenvalue weighted by Crippen LogP contribution is 2.45. The zero-order valence-corrected chi connectivity index (χ0v) is 22.2. The summed E-state index contributed by atoms with van der Waals surface area (Å²) in [7, 11) is -1.68. The second-order valence-corrected chi connectivity index (χ2v) is 15.5. The molecule has 0 bridgehead atoms. The van der Waals surface area contributed by atoms with Crippen LogP contribution in [0.25, 0.3) is 11.1 Å². The molecule has 4 nitrogen and oxygen atoms in total. The van der Waals surface area contributed by atoms with Gasteiger partial charge in [-0.2, -0.15) is 5.26 Å². The molecular formula is C27H38FN3OSi. The number of hydrogen-bond acceptors (Lipinski definition) is 4. The number of benzene rings is 1. The maximum atomic E-state index is 13.8. The summed E-state index contributed by atoms with van der Waals surface area (Å²) < 4.78 is 16.5. The van der Waals surface area contributed by atoms with E-state index in [1.807, 2.05) is 19.9 Å². The third-order valence-electron chi connectivity index (χ3n) is 7.66. The lowest BCUT2D eigenvalue weighted by Gasteiger charge is -2.49. The normalized spacial score (nSPS) is 17.0. The quantitative estimate of drug-likeness (QED) is 0.365. The Kier molecular flexibility index (Phi) is 7.48. The number of nitriles is 1. The Morgan fingerprint density at radius 1 is 1.15 bits per heavy atom. The summed E-state index contributed by atoms with van der Waals surface area (Å²) >= 11 is 0. The predicted molar refractivity (Wildman–Crippen MR) is 135 cm³/mol. The standard InChI is InChI=1S/C27H38FN3OSi/c1-8-33(9-2,10-3)31-16-21-23(19-11-13-20(28)14-12-19)24(22(32)15-29)25(18(4)5)30-26(21)27(6,7)17-31/h11-14,18,22,32H,8-10,16-17H2,1-7H3. The fourth-order valence-corrected chi connectivity index (χ4v) is 9.72. The minimum Gasteiger partial charge on any atom is -0.374 e. The first-order chi connectivity index (χ1) is 15.5. The van der Waals surface area contributed by atoms with E-state index >= 15 is 0 Å². The molecule has 1 N–H and O–H groups in total. The molecule has 1 aromatic carbocycles. The van der Waals surface area contributed by atoms with Crippen LogP contribution < -0.4 is 0 Å². The van der Waals surface area contributed by atoms with Crippen molar-refractivity contribution in [1.82, 2.24) is 9.55 Å². The molecule has 0 aliphatic carbocycles. The molecule has 6 heteroatoms. The van der Waals surface area contributed by atoms with E-state index < -0.39 is 14.3 Å². The minimum absolute atomic E-state index is 0.0386. The highest BCUT2D eigenvalue weighted by atomic mass is 28.3. The van der Waals surface area contributed by atoms with Gasteiger partial charge in [0.2, 0.25) is 0 Å². The summed E-state index contributed by atoms with van der Waals surface area (Å²) in [6, 6.07) is 12.0. The molecule has 1 atom stereocenters. The Morgan fingerprint density at radius 2 is 1.73 bits per heavy atom. The topological polar surface area (TPSA) is 60.1 Å². The monoisotopic (exact) mass is 467 g/mol. The average molecular weight is 468 g/mol. The van der Waals surface area contributed by atoms with Gasteiger partial charge < -0.3 is 9.67 Å². The van der Waals surface area contributed by atoms with E-state index in [0.717, 1.165) is 41.2 Å². The Hall–Kier alpha value is -2.07. The summed E-state index contributed by atoms with van der Waals surface area (Å²) in [5.74, 6) is -0.263. The van der Waals surface area contributed by atoms with Crippen molar-refractivity contribution >= 4 is 8.24 Å². The fourth-order valence-electron chi connectivity index (χ4n) is 5.65. The summed E-state index contributed by atoms with van der Waals surface area (Å²) in [4.78, 5) is 5.14. The summed E-state index contributed by atoms with van der Waals surface area (Å²) in [6.45, 7) is 17.2. The first-order valence-corrected chi connectivity index (χ1v) is 14.8. The van der Waals surface area contributed by atoms with Crippen molar-refractivity contribution < 1.29 is 9.50 Å². The molecule has 1 unspecified atom stereocenters. The van der Waals surface area contributed by atoms with Gasteiger partial charge in [0.15, 0.2) is 6.10 Å². The van der Waals surface area contributed by atoms with Gasteiger partial charge in [-0.25, -0.2) is 4.39 Å². The maximum Gasteiger partial charge on any atom is 0.168 e. The predicted octanol–water partition coefficient (Wildman–Crippen LogP) is 6.67. The third-order valence-corrected chi connectivity index (χ3v) is 13.3. The largest absolute Gasteiger partial charge is 0.374 e. The van der Waals surface area contributed by atoms with Gasteiger partial charge in [0.25, 0.3) is 0 Å². The van der Waals surface area contributed by atoms with Crippen LogP contribution in [0.5, 0.6) is 0 Å². The highest BCUT2D eigenvalue weighted by Gasteiger charge is 2.44. The smallest absolute Gasteiger partial charge is 0.168 e. The Bertz CT molecular complexity index is 1030. The Morgan fingerprint density at radius 3 is 2.21 bits per heavy atom. The van der Waals surface area contributed by atoms with Gasteiger partial charge in [-0.15, -0.1) is 0 Å². The highest BCUT2D eigenvalue weighted by molar-refractivity contribution is 6.77. The van der Waals surface area contributed by atoms with E-state index in [1.54, 1.807) is 12.1 Å². The molecule has 0 amide bonds. The number of nitrogens with zero attached hydrogens (tertiary/aromatic N) is 3. The van der Waals surface area contributed by atoms with E-state index in [-0.39, 0.29) is 17.2 Å². The number of pyridine rings is 1. The van der Waals surface area contributed by atoms with Gasteiger partial charge in [-0.3, -0.25) is 4.98 Å². The number of hydrogen-bond donors (Lipinski definition) is 1. The molecule has 33 heavy (non-hydrogen) atoms. The first-order valence-electron chi connectivity index (χ1n) is 12.2. The lowest BCUT2D eigenvalue weighted by Crippen LogP contribution is -2.58. The van der Waals surface area contributed by atoms with Gasteiger partial charge >= 0.3 is 0 Å². The molecule has 0 radical (unpaired) electrons. The SMILES string of the molecule is CC[Si](CC)(CC)N1Cc2c(nc(C(C)C)c(C(O)C#N)c2-c2ccc(F)cc2)C(C)(C)C1. The Labute approximate surface area is 199 Å². The first kappa shape index (κ1) is 25.5. The van der Waals surface area contributed by atoms with Crippen molar-refractivity contribution in [3.8, 4) is 17.2 Å². The number of aromatic nitrogens is 1. The number of halogens is 1. The molecule has 2 heterocycles. The van der Waals surface area contributed by atoms with Crippen LogP contribution in [0.4, 0.5) is 4.39 Å². The maximum absolute atomic E-state index is 13.8. The van der Waals surface area contributed by atoms with Crippen molar-refractivity contribution in [2.75, 3.05) is 6.54 Å². The molecule has 0 saturated heterocycles. The van der Waals surface area contributed by atoms with Crippen molar-refractivity contribution in [3.63, 3.8) is 0 Å². The molecule has 1 aromatic heterocycles. The van der Waals surface area contributed by atoms with Crippen LogP contribution in [-0.4, -0.2) is 29.4 Å². The molecule has 3 rings (SSSR count). The van der Waals surface area contributed by atoms with Gasteiger partial charge in [0.05, 0.1) is 17.5 Å². The van der Waals surface area contributed by atoms with Crippen LogP contribution in [0, 0.1) is 17.1 Å². The molecule has 1 aliphatic rings. The molecule has 2 aromatic rings. The summed E-state index contributed by atoms with van der Waals surface area (Å²) in [6.07, 6.45) is -1.29. The van der Waals surface area contributed by atoms with Crippen LogP contribution in [0.2, 0.25) is 18.1 Å². The summed E-state index contributed by atoms with van der Waals surface area (Å²) in [5.41, 5.74) is 4.97. The molecule has 0 spiro atoms. The van der Waals surface area contributed by atoms with Crippen LogP contribution in [0.15, 0.2) is 24.3 Å². The number of fused-ring (bicyclic) bond motifs is 1. The Balaban J connectivity index is 2.41. The van der Waals surface area contributed by atoms with Gasteiger partial charge in [-0.1, -0.05) is 60.6 Å². The lowest BCUT2D eigenvalue weighted by atomic mass is 9.77. The van der Waals surface area contributed by atoms with Crippen LogP contribution in [0.3, 0.4) is 0 Å². The number of aliphatic hydroxyl groups excluding tert-OH is 1. The molecule has 1 aliphatic heterocycles. The van der Waals surface area contributed by atoms with E-state index in [0.29, 0.717) is 5.56 Å². The van der Waals surface area contributed by atoms with Crippen molar-refractivity contribution in [1.29, 1.82) is 5.26 Å². The van der Waals surface area contributed by atoms with Crippen molar-refractivity contribution in [2.24, 2.45) is 0 Å². The van der Waals surface area contributed by atoms with E-state index in [4.69, 9.17) is 4.98 Å². The van der Waals surface area contributed by atoms with Crippen molar-refractivity contribution in [2.45, 2.75) is 90.6 Å². The molecular weight excluding hydrogens is 429 g/mol. The summed E-state index contributed by atoms with van der Waals surface area (Å²) in [5, 5.41) is 20.6. The zero-order valence-electron chi connectivity index (χ0n) is 21.2. The molecule has 0 fully saturated rings. The minimum atomic E-state index is -1.68. The molecule has 178 valence electrons. The van der Waals surface area contributed by atoms with Crippen molar-refractivity contribution in [3.05, 3.63) is 52.6 Å². The fraction of sp³-hybridized carbons (Fsp3) is 0.556. The molecule has 0 saturated carbocycles. The number of aliphatic hydroxyl groups is 1. The van der Waals surface area contributed by atoms with E-state index in [2.05, 4.69) is 39.2 Å². The second kappa shape index (κ2) is 9.66. The van der Waals surface area contributed by atoms with Gasteiger partial charge in [-0.05, 0) is 52.9 Å². The lowest BCUT2D eigenvalue weighted by molar-refractivity contribution is 0.232. The van der Waals surface area contributed by atoms with E-state index in [9.17, 15) is 14.8 Å².